The van der Waals surface area contributed by atoms with Crippen LogP contribution in [0.4, 0.5) is 0 Å². The lowest BCUT2D eigenvalue weighted by molar-refractivity contribution is -0.120. The van der Waals surface area contributed by atoms with E-state index in [9.17, 15) is 13.2 Å². The first-order chi connectivity index (χ1) is 12.4. The van der Waals surface area contributed by atoms with E-state index in [0.29, 0.717) is 11.3 Å². The summed E-state index contributed by atoms with van der Waals surface area (Å²) in [5.74, 6) is 0.0599. The molecule has 1 N–H and O–H groups in total. The number of para-hydroxylation sites is 2. The third-order valence-corrected chi connectivity index (χ3v) is 7.50. The Morgan fingerprint density at radius 1 is 1.19 bits per heavy atom. The van der Waals surface area contributed by atoms with Crippen molar-refractivity contribution in [3.63, 3.8) is 0 Å². The van der Waals surface area contributed by atoms with Crippen LogP contribution < -0.4 is 10.1 Å². The van der Waals surface area contributed by atoms with Crippen molar-refractivity contribution in [2.75, 3.05) is 7.11 Å². The highest BCUT2D eigenvalue weighted by atomic mass is 32.2. The molecule has 3 aromatic rings. The van der Waals surface area contributed by atoms with Crippen LogP contribution in [-0.4, -0.2) is 31.7 Å². The van der Waals surface area contributed by atoms with Gasteiger partial charge in [-0.2, -0.15) is 0 Å². The van der Waals surface area contributed by atoms with Crippen molar-refractivity contribution in [2.45, 2.75) is 23.1 Å². The van der Waals surface area contributed by atoms with Gasteiger partial charge in [-0.15, -0.1) is 11.3 Å². The van der Waals surface area contributed by atoms with Crippen LogP contribution in [0.15, 0.2) is 52.9 Å². The van der Waals surface area contributed by atoms with Crippen molar-refractivity contribution >= 4 is 37.3 Å². The van der Waals surface area contributed by atoms with Crippen LogP contribution in [0.3, 0.4) is 0 Å². The van der Waals surface area contributed by atoms with E-state index in [2.05, 4.69) is 10.3 Å². The Balaban J connectivity index is 1.76. The maximum Gasteiger partial charge on any atom is 0.238 e. The highest BCUT2D eigenvalue weighted by Gasteiger charge is 2.32. The number of ether oxygens (including phenoxy) is 1. The normalized spacial score (nSPS) is 12.7. The lowest BCUT2D eigenvalue weighted by atomic mass is 10.2. The molecule has 0 saturated heterocycles. The summed E-state index contributed by atoms with van der Waals surface area (Å²) in [5, 5.41) is 1.42. The maximum atomic E-state index is 12.7. The lowest BCUT2D eigenvalue weighted by Gasteiger charge is -2.13. The van der Waals surface area contributed by atoms with Crippen molar-refractivity contribution in [1.82, 2.24) is 10.3 Å². The average molecular weight is 390 g/mol. The van der Waals surface area contributed by atoms with Crippen LogP contribution in [0.2, 0.25) is 0 Å². The second kappa shape index (κ2) is 7.43. The Labute approximate surface area is 155 Å². The summed E-state index contributed by atoms with van der Waals surface area (Å²) in [4.78, 5) is 16.6. The molecule has 136 valence electrons. The van der Waals surface area contributed by atoms with Gasteiger partial charge >= 0.3 is 0 Å². The predicted octanol–water partition coefficient (Wildman–Crippen LogP) is 2.78. The van der Waals surface area contributed by atoms with Gasteiger partial charge in [0.05, 0.1) is 17.3 Å². The number of sulfone groups is 1. The molecular formula is C18H18N2O4S2. The summed E-state index contributed by atoms with van der Waals surface area (Å²) in [5.41, 5.74) is 1.38. The van der Waals surface area contributed by atoms with Gasteiger partial charge in [0.2, 0.25) is 20.1 Å². The largest absolute Gasteiger partial charge is 0.496 e. The summed E-state index contributed by atoms with van der Waals surface area (Å²) in [6.45, 7) is 1.56. The predicted molar refractivity (Wildman–Crippen MR) is 101 cm³/mol. The Bertz CT molecular complexity index is 1010. The van der Waals surface area contributed by atoms with Gasteiger partial charge in [-0.1, -0.05) is 30.3 Å². The molecule has 0 aliphatic heterocycles. The first kappa shape index (κ1) is 18.3. The van der Waals surface area contributed by atoms with Crippen molar-refractivity contribution < 1.29 is 17.9 Å². The number of nitrogens with one attached hydrogen (secondary N) is 1. The molecule has 1 atom stereocenters. The van der Waals surface area contributed by atoms with Gasteiger partial charge < -0.3 is 10.1 Å². The number of amides is 1. The molecule has 0 spiro atoms. The second-order valence-electron chi connectivity index (χ2n) is 5.66. The smallest absolute Gasteiger partial charge is 0.238 e. The van der Waals surface area contributed by atoms with Gasteiger partial charge in [-0.25, -0.2) is 13.4 Å². The molecule has 6 nitrogen and oxygen atoms in total. The van der Waals surface area contributed by atoms with E-state index in [1.54, 1.807) is 31.4 Å². The molecule has 0 aliphatic carbocycles. The molecule has 1 unspecified atom stereocenters. The van der Waals surface area contributed by atoms with Gasteiger partial charge in [0.25, 0.3) is 0 Å². The van der Waals surface area contributed by atoms with Crippen molar-refractivity contribution in [1.29, 1.82) is 0 Å². The van der Waals surface area contributed by atoms with Crippen LogP contribution in [-0.2, 0) is 21.2 Å². The highest BCUT2D eigenvalue weighted by Crippen LogP contribution is 2.27. The Hall–Kier alpha value is -2.45. The topological polar surface area (TPSA) is 85.4 Å². The number of carbonyl (C=O) groups excluding carboxylic acids is 1. The number of rotatable bonds is 6. The fraction of sp³-hybridized carbons (Fsp3) is 0.222. The molecule has 2 aromatic carbocycles. The van der Waals surface area contributed by atoms with Crippen molar-refractivity contribution in [3.05, 3.63) is 54.1 Å². The number of methoxy groups -OCH3 is 1. The van der Waals surface area contributed by atoms with Gasteiger partial charge in [-0.3, -0.25) is 4.79 Å². The van der Waals surface area contributed by atoms with Gasteiger partial charge in [0, 0.05) is 12.1 Å². The second-order valence-corrected chi connectivity index (χ2v) is 9.14. The van der Waals surface area contributed by atoms with E-state index < -0.39 is 21.0 Å². The fourth-order valence-electron chi connectivity index (χ4n) is 2.44. The zero-order valence-corrected chi connectivity index (χ0v) is 15.9. The summed E-state index contributed by atoms with van der Waals surface area (Å²) in [7, 11) is -2.31. The number of hydrogen-bond donors (Lipinski definition) is 1. The van der Waals surface area contributed by atoms with Gasteiger partial charge in [0.15, 0.2) is 0 Å². The molecule has 0 radical (unpaired) electrons. The number of benzene rings is 2. The van der Waals surface area contributed by atoms with E-state index in [0.717, 1.165) is 21.6 Å². The molecule has 0 aliphatic rings. The molecule has 1 heterocycles. The third kappa shape index (κ3) is 3.56. The molecule has 26 heavy (non-hydrogen) atoms. The number of aromatic nitrogens is 1. The average Bonchev–Trinajstić information content (AvgIpc) is 3.10. The van der Waals surface area contributed by atoms with Crippen LogP contribution in [0.1, 0.15) is 12.5 Å². The van der Waals surface area contributed by atoms with E-state index in [1.807, 2.05) is 24.3 Å². The van der Waals surface area contributed by atoms with Gasteiger partial charge in [-0.05, 0) is 25.1 Å². The zero-order chi connectivity index (χ0) is 18.7. The van der Waals surface area contributed by atoms with E-state index in [-0.39, 0.29) is 10.9 Å². The number of hydrogen-bond acceptors (Lipinski definition) is 6. The molecule has 1 aromatic heterocycles. The minimum absolute atomic E-state index is 0.0429. The third-order valence-electron chi connectivity index (χ3n) is 4.00. The Morgan fingerprint density at radius 3 is 2.62 bits per heavy atom. The monoisotopic (exact) mass is 390 g/mol. The molecule has 0 bridgehead atoms. The van der Waals surface area contributed by atoms with E-state index in [4.69, 9.17) is 4.74 Å². The Kier molecular flexibility index (Phi) is 5.24. The molecule has 1 amide bonds. The van der Waals surface area contributed by atoms with Crippen LogP contribution in [0.25, 0.3) is 10.2 Å². The lowest BCUT2D eigenvalue weighted by Crippen LogP contribution is -2.37. The highest BCUT2D eigenvalue weighted by molar-refractivity contribution is 7.94. The SMILES string of the molecule is COc1ccccc1CNC(=O)C(C)S(=O)(=O)c1nc2ccccc2s1. The fourth-order valence-corrected chi connectivity index (χ4v) is 5.20. The van der Waals surface area contributed by atoms with Crippen LogP contribution in [0, 0.1) is 0 Å². The molecule has 0 fully saturated rings. The summed E-state index contributed by atoms with van der Waals surface area (Å²) >= 11 is 1.07. The Morgan fingerprint density at radius 2 is 1.88 bits per heavy atom. The maximum absolute atomic E-state index is 12.7. The summed E-state index contributed by atoms with van der Waals surface area (Å²) < 4.78 is 31.4. The molecule has 3 rings (SSSR count). The van der Waals surface area contributed by atoms with Gasteiger partial charge in [0.1, 0.15) is 11.0 Å². The molecule has 8 heteroatoms. The number of fused-ring (bicyclic) bond motifs is 1. The van der Waals surface area contributed by atoms with E-state index in [1.165, 1.54) is 6.92 Å². The van der Waals surface area contributed by atoms with Crippen LogP contribution >= 0.6 is 11.3 Å². The molecule has 0 saturated carbocycles. The number of nitrogens with zero attached hydrogens (tertiary/aromatic N) is 1. The van der Waals surface area contributed by atoms with E-state index >= 15 is 0 Å². The quantitative estimate of drug-likeness (QED) is 0.699. The number of thiazole rings is 1. The zero-order valence-electron chi connectivity index (χ0n) is 14.3. The minimum atomic E-state index is -3.86. The van der Waals surface area contributed by atoms with Crippen molar-refractivity contribution in [2.24, 2.45) is 0 Å². The summed E-state index contributed by atoms with van der Waals surface area (Å²) in [6, 6.07) is 14.4. The molecular weight excluding hydrogens is 372 g/mol. The summed E-state index contributed by atoms with van der Waals surface area (Å²) in [6.07, 6.45) is 0. The van der Waals surface area contributed by atoms with Crippen molar-refractivity contribution in [3.8, 4) is 5.75 Å². The minimum Gasteiger partial charge on any atom is -0.496 e. The van der Waals surface area contributed by atoms with Crippen LogP contribution in [0.5, 0.6) is 5.75 Å². The standard InChI is InChI=1S/C18H18N2O4S2/c1-12(17(21)19-11-13-7-3-5-9-15(13)24-2)26(22,23)18-20-14-8-4-6-10-16(14)25-18/h3-10,12H,11H2,1-2H3,(H,19,21). The number of carbonyl (C=O) groups is 1. The first-order valence-corrected chi connectivity index (χ1v) is 10.3. The first-order valence-electron chi connectivity index (χ1n) is 7.92.